The number of anilines is 3. The number of likely N-dealkylation sites (tertiary alicyclic amines) is 1. The number of morpholine rings is 1. The van der Waals surface area contributed by atoms with Gasteiger partial charge in [-0.2, -0.15) is 4.98 Å². The van der Waals surface area contributed by atoms with Gasteiger partial charge in [0.2, 0.25) is 17.8 Å². The zero-order valence-corrected chi connectivity index (χ0v) is 17.4. The number of amides is 1. The number of carbonyl (C=O) groups excluding carboxylic acids is 1. The molecule has 164 valence electrons. The Morgan fingerprint density at radius 1 is 1.16 bits per heavy atom. The number of halogens is 1. The molecule has 0 saturated carbocycles. The molecule has 1 amide bonds. The van der Waals surface area contributed by atoms with Crippen LogP contribution in [0.2, 0.25) is 0 Å². The highest BCUT2D eigenvalue weighted by Gasteiger charge is 2.42. The summed E-state index contributed by atoms with van der Waals surface area (Å²) in [6.45, 7) is 5.15. The van der Waals surface area contributed by atoms with Crippen LogP contribution in [0.4, 0.5) is 22.1 Å². The molecule has 0 spiro atoms. The first-order chi connectivity index (χ1) is 15.0. The van der Waals surface area contributed by atoms with E-state index in [1.807, 2.05) is 4.90 Å². The lowest BCUT2D eigenvalue weighted by atomic mass is 10.1. The molecule has 2 unspecified atom stereocenters. The molecular weight excluding hydrogens is 403 g/mol. The first-order valence-electron chi connectivity index (χ1n) is 10.5. The molecule has 2 aromatic heterocycles. The van der Waals surface area contributed by atoms with Gasteiger partial charge < -0.3 is 25.2 Å². The molecular formula is C20H25FN8O2. The Balaban J connectivity index is 1.56. The largest absolute Gasteiger partial charge is 0.378 e. The van der Waals surface area contributed by atoms with E-state index in [-0.39, 0.29) is 18.4 Å². The summed E-state index contributed by atoms with van der Waals surface area (Å²) in [5.74, 6) is 1.39. The molecule has 3 aliphatic heterocycles. The molecule has 5 rings (SSSR count). The van der Waals surface area contributed by atoms with Gasteiger partial charge in [-0.15, -0.1) is 0 Å². The van der Waals surface area contributed by atoms with E-state index in [2.05, 4.69) is 14.9 Å². The number of nitrogens with zero attached hydrogens (tertiary/aromatic N) is 7. The van der Waals surface area contributed by atoms with Crippen LogP contribution in [0, 0.1) is 0 Å². The molecule has 2 aromatic rings. The zero-order valence-electron chi connectivity index (χ0n) is 17.4. The number of rotatable bonds is 3. The van der Waals surface area contributed by atoms with Crippen molar-refractivity contribution in [2.24, 2.45) is 0 Å². The number of alkyl halides is 1. The van der Waals surface area contributed by atoms with E-state index in [4.69, 9.17) is 20.4 Å². The monoisotopic (exact) mass is 428 g/mol. The van der Waals surface area contributed by atoms with Crippen LogP contribution in [0.5, 0.6) is 0 Å². The number of carbonyl (C=O) groups is 1. The van der Waals surface area contributed by atoms with Gasteiger partial charge in [-0.1, -0.05) is 0 Å². The Bertz CT molecular complexity index is 982. The summed E-state index contributed by atoms with van der Waals surface area (Å²) in [6.07, 6.45) is 2.87. The lowest BCUT2D eigenvalue weighted by Crippen LogP contribution is -2.42. The van der Waals surface area contributed by atoms with Gasteiger partial charge in [-0.25, -0.2) is 19.3 Å². The van der Waals surface area contributed by atoms with Crippen molar-refractivity contribution >= 4 is 23.6 Å². The molecule has 0 radical (unpaired) electrons. The first-order valence-corrected chi connectivity index (χ1v) is 10.5. The Kier molecular flexibility index (Phi) is 5.05. The van der Waals surface area contributed by atoms with Crippen molar-refractivity contribution in [2.45, 2.75) is 25.6 Å². The Morgan fingerprint density at radius 2 is 1.90 bits per heavy atom. The Morgan fingerprint density at radius 3 is 2.58 bits per heavy atom. The van der Waals surface area contributed by atoms with E-state index < -0.39 is 12.2 Å². The minimum atomic E-state index is -1.13. The molecule has 2 N–H and O–H groups in total. The van der Waals surface area contributed by atoms with Crippen LogP contribution in [0.25, 0.3) is 11.3 Å². The summed E-state index contributed by atoms with van der Waals surface area (Å²) in [7, 11) is 0. The maximum Gasteiger partial charge on any atom is 0.228 e. The number of nitrogen functional groups attached to an aromatic ring is 1. The molecule has 2 fully saturated rings. The number of aromatic nitrogens is 4. The maximum absolute atomic E-state index is 14.9. The fourth-order valence-electron chi connectivity index (χ4n) is 4.49. The summed E-state index contributed by atoms with van der Waals surface area (Å²) < 4.78 is 20.4. The molecule has 0 aliphatic carbocycles. The van der Waals surface area contributed by atoms with Crippen molar-refractivity contribution in [3.63, 3.8) is 0 Å². The second kappa shape index (κ2) is 7.88. The lowest BCUT2D eigenvalue weighted by molar-refractivity contribution is -0.128. The minimum absolute atomic E-state index is 0.110. The third kappa shape index (κ3) is 3.62. The predicted octanol–water partition coefficient (Wildman–Crippen LogP) is 0.284. The molecule has 3 aliphatic rings. The highest BCUT2D eigenvalue weighted by molar-refractivity contribution is 5.75. The fraction of sp³-hybridized carbons (Fsp3) is 0.550. The number of fused-ring (bicyclic) bond motifs is 1. The van der Waals surface area contributed by atoms with Crippen LogP contribution in [0.3, 0.4) is 0 Å². The van der Waals surface area contributed by atoms with Crippen LogP contribution in [0.15, 0.2) is 12.4 Å². The smallest absolute Gasteiger partial charge is 0.228 e. The van der Waals surface area contributed by atoms with Crippen LogP contribution in [0.1, 0.15) is 12.5 Å². The van der Waals surface area contributed by atoms with E-state index in [1.54, 1.807) is 17.3 Å². The first kappa shape index (κ1) is 19.9. The highest BCUT2D eigenvalue weighted by Crippen LogP contribution is 2.38. The van der Waals surface area contributed by atoms with Crippen LogP contribution < -0.4 is 15.5 Å². The third-order valence-electron chi connectivity index (χ3n) is 6.15. The minimum Gasteiger partial charge on any atom is -0.378 e. The van der Waals surface area contributed by atoms with Gasteiger partial charge >= 0.3 is 0 Å². The average molecular weight is 428 g/mol. The Labute approximate surface area is 179 Å². The molecule has 10 nitrogen and oxygen atoms in total. The van der Waals surface area contributed by atoms with Gasteiger partial charge in [0.15, 0.2) is 0 Å². The predicted molar refractivity (Wildman–Crippen MR) is 112 cm³/mol. The topological polar surface area (TPSA) is 114 Å². The highest BCUT2D eigenvalue weighted by atomic mass is 19.1. The van der Waals surface area contributed by atoms with E-state index in [9.17, 15) is 9.18 Å². The molecule has 5 heterocycles. The summed E-state index contributed by atoms with van der Waals surface area (Å²) in [5, 5.41) is 0. The maximum atomic E-state index is 14.9. The van der Waals surface area contributed by atoms with E-state index >= 15 is 0 Å². The van der Waals surface area contributed by atoms with E-state index in [1.165, 1.54) is 6.92 Å². The Hall–Kier alpha value is -3.08. The summed E-state index contributed by atoms with van der Waals surface area (Å²) in [5.41, 5.74) is 8.10. The molecule has 0 bridgehead atoms. The molecule has 2 atom stereocenters. The number of ether oxygens (including phenoxy) is 1. The second-order valence-corrected chi connectivity index (χ2v) is 8.05. The van der Waals surface area contributed by atoms with Gasteiger partial charge in [0.1, 0.15) is 12.0 Å². The standard InChI is InChI=1S/C20H25FN8O2/c1-12(30)28-10-15(21)16(11-28)29-3-2-14-17(13-8-23-19(22)24-9-13)25-20(26-18(14)29)27-4-6-31-7-5-27/h8-9,15-16H,2-7,10-11H2,1H3,(H2,22,23,24). The lowest BCUT2D eigenvalue weighted by Gasteiger charge is -2.30. The van der Waals surface area contributed by atoms with Crippen LogP contribution in [-0.2, 0) is 16.0 Å². The molecule has 0 aromatic carbocycles. The second-order valence-electron chi connectivity index (χ2n) is 8.05. The SMILES string of the molecule is CC(=O)N1CC(F)C(N2CCc3c(-c4cnc(N)nc4)nc(N4CCOCC4)nc32)C1. The van der Waals surface area contributed by atoms with Crippen LogP contribution >= 0.6 is 0 Å². The van der Waals surface area contributed by atoms with Crippen molar-refractivity contribution in [3.05, 3.63) is 18.0 Å². The van der Waals surface area contributed by atoms with Crippen LogP contribution in [-0.4, -0.2) is 88.9 Å². The van der Waals surface area contributed by atoms with E-state index in [0.29, 0.717) is 51.8 Å². The van der Waals surface area contributed by atoms with Crippen molar-refractivity contribution in [2.75, 3.05) is 61.5 Å². The number of hydrogen-bond acceptors (Lipinski definition) is 9. The van der Waals surface area contributed by atoms with Crippen molar-refractivity contribution in [3.8, 4) is 11.3 Å². The summed E-state index contributed by atoms with van der Waals surface area (Å²) in [4.78, 5) is 35.4. The van der Waals surface area contributed by atoms with Crippen molar-refractivity contribution in [1.82, 2.24) is 24.8 Å². The number of hydrogen-bond donors (Lipinski definition) is 1. The normalized spacial score (nSPS) is 23.4. The van der Waals surface area contributed by atoms with Gasteiger partial charge in [0, 0.05) is 56.6 Å². The quantitative estimate of drug-likeness (QED) is 0.736. The van der Waals surface area contributed by atoms with E-state index in [0.717, 1.165) is 22.6 Å². The number of nitrogens with two attached hydrogens (primary N) is 1. The summed E-state index contributed by atoms with van der Waals surface area (Å²) in [6, 6.07) is -0.423. The van der Waals surface area contributed by atoms with Crippen molar-refractivity contribution < 1.29 is 13.9 Å². The van der Waals surface area contributed by atoms with Crippen molar-refractivity contribution in [1.29, 1.82) is 0 Å². The third-order valence-corrected chi connectivity index (χ3v) is 6.15. The average Bonchev–Trinajstić information content (AvgIpc) is 3.37. The van der Waals surface area contributed by atoms with Gasteiger partial charge in [-0.3, -0.25) is 4.79 Å². The zero-order chi connectivity index (χ0) is 21.5. The van der Waals surface area contributed by atoms with Gasteiger partial charge in [0.25, 0.3) is 0 Å². The summed E-state index contributed by atoms with van der Waals surface area (Å²) >= 11 is 0. The molecule has 2 saturated heterocycles. The molecule has 11 heteroatoms. The fourth-order valence-corrected chi connectivity index (χ4v) is 4.49. The van der Waals surface area contributed by atoms with Gasteiger partial charge in [0.05, 0.1) is 31.5 Å². The molecule has 31 heavy (non-hydrogen) atoms. The van der Waals surface area contributed by atoms with Gasteiger partial charge in [-0.05, 0) is 6.42 Å².